The van der Waals surface area contributed by atoms with Gasteiger partial charge in [0.25, 0.3) is 0 Å². The van der Waals surface area contributed by atoms with Crippen molar-refractivity contribution in [1.82, 2.24) is 15.6 Å². The van der Waals surface area contributed by atoms with Gasteiger partial charge in [-0.2, -0.15) is 0 Å². The van der Waals surface area contributed by atoms with Gasteiger partial charge >= 0.3 is 12.0 Å². The van der Waals surface area contributed by atoms with Crippen LogP contribution in [0.2, 0.25) is 0 Å². The zero-order chi connectivity index (χ0) is 15.9. The molecule has 1 heterocycles. The highest BCUT2D eigenvalue weighted by Gasteiger charge is 2.36. The van der Waals surface area contributed by atoms with Gasteiger partial charge in [0, 0.05) is 18.8 Å². The van der Waals surface area contributed by atoms with Crippen LogP contribution in [-0.2, 0) is 11.3 Å². The van der Waals surface area contributed by atoms with Gasteiger partial charge in [0.15, 0.2) is 0 Å². The zero-order valence-corrected chi connectivity index (χ0v) is 12.5. The van der Waals surface area contributed by atoms with E-state index in [9.17, 15) is 14.7 Å². The van der Waals surface area contributed by atoms with E-state index in [1.807, 2.05) is 0 Å². The van der Waals surface area contributed by atoms with Gasteiger partial charge in [0.05, 0.1) is 7.11 Å². The van der Waals surface area contributed by atoms with Crippen LogP contribution in [0.1, 0.15) is 32.3 Å². The number of carbonyl (C=O) groups excluding carboxylic acids is 1. The second-order valence-corrected chi connectivity index (χ2v) is 4.61. The Hall–Kier alpha value is -2.31. The predicted molar refractivity (Wildman–Crippen MR) is 77.1 cm³/mol. The average Bonchev–Trinajstić information content (AvgIpc) is 2.50. The Bertz CT molecular complexity index is 501. The second-order valence-electron chi connectivity index (χ2n) is 4.61. The largest absolute Gasteiger partial charge is 0.481 e. The molecule has 0 atom stereocenters. The molecule has 0 unspecified atom stereocenters. The van der Waals surface area contributed by atoms with E-state index in [2.05, 4.69) is 15.6 Å². The second kappa shape index (κ2) is 7.47. The molecule has 0 bridgehead atoms. The number of carboxylic acid groups (broad SMARTS) is 1. The average molecular weight is 295 g/mol. The molecular formula is C14H21N3O4. The Kier molecular flexibility index (Phi) is 5.95. The Morgan fingerprint density at radius 1 is 1.38 bits per heavy atom. The Morgan fingerprint density at radius 2 is 2.05 bits per heavy atom. The molecule has 116 valence electrons. The van der Waals surface area contributed by atoms with Crippen molar-refractivity contribution in [3.63, 3.8) is 0 Å². The van der Waals surface area contributed by atoms with E-state index in [0.29, 0.717) is 18.7 Å². The third-order valence-corrected chi connectivity index (χ3v) is 3.43. The summed E-state index contributed by atoms with van der Waals surface area (Å²) in [7, 11) is 1.51. The number of methoxy groups -OCH3 is 1. The molecule has 0 aromatic carbocycles. The smallest absolute Gasteiger partial charge is 0.329 e. The van der Waals surface area contributed by atoms with Crippen molar-refractivity contribution in [2.75, 3.05) is 7.11 Å². The van der Waals surface area contributed by atoms with Crippen LogP contribution in [0.15, 0.2) is 18.3 Å². The summed E-state index contributed by atoms with van der Waals surface area (Å²) in [5.41, 5.74) is -0.425. The van der Waals surface area contributed by atoms with Crippen LogP contribution in [0.4, 0.5) is 4.79 Å². The molecule has 1 aromatic rings. The zero-order valence-electron chi connectivity index (χ0n) is 12.5. The fourth-order valence-corrected chi connectivity index (χ4v) is 1.90. The molecule has 2 amide bonds. The van der Waals surface area contributed by atoms with E-state index in [1.54, 1.807) is 32.2 Å². The van der Waals surface area contributed by atoms with Gasteiger partial charge in [-0.15, -0.1) is 0 Å². The molecule has 0 saturated carbocycles. The molecule has 1 rings (SSSR count). The molecule has 3 N–H and O–H groups in total. The number of rotatable bonds is 7. The van der Waals surface area contributed by atoms with E-state index < -0.39 is 17.5 Å². The van der Waals surface area contributed by atoms with Crippen LogP contribution >= 0.6 is 0 Å². The topological polar surface area (TPSA) is 101 Å². The van der Waals surface area contributed by atoms with Gasteiger partial charge in [0.1, 0.15) is 5.54 Å². The molecule has 0 saturated heterocycles. The molecule has 7 nitrogen and oxygen atoms in total. The number of carbonyl (C=O) groups is 2. The monoisotopic (exact) mass is 295 g/mol. The molecule has 1 aromatic heterocycles. The standard InChI is InChI=1S/C14H21N3O4/c1-4-14(5-2,12(18)19)17-13(20)16-9-10-6-7-15-11(8-10)21-3/h6-8H,4-5,9H2,1-3H3,(H,18,19)(H2,16,17,20). The molecule has 0 aliphatic rings. The minimum Gasteiger partial charge on any atom is -0.481 e. The van der Waals surface area contributed by atoms with Gasteiger partial charge < -0.3 is 20.5 Å². The molecule has 0 aliphatic carbocycles. The van der Waals surface area contributed by atoms with Gasteiger partial charge in [-0.25, -0.2) is 14.6 Å². The number of ether oxygens (including phenoxy) is 1. The highest BCUT2D eigenvalue weighted by molar-refractivity contribution is 5.86. The van der Waals surface area contributed by atoms with Crippen LogP contribution in [-0.4, -0.2) is 34.7 Å². The number of carboxylic acids is 1. The van der Waals surface area contributed by atoms with Crippen molar-refractivity contribution in [2.24, 2.45) is 0 Å². The van der Waals surface area contributed by atoms with E-state index in [0.717, 1.165) is 5.56 Å². The minimum atomic E-state index is -1.24. The number of nitrogens with zero attached hydrogens (tertiary/aromatic N) is 1. The lowest BCUT2D eigenvalue weighted by Crippen LogP contribution is -2.56. The van der Waals surface area contributed by atoms with Crippen molar-refractivity contribution >= 4 is 12.0 Å². The number of urea groups is 1. The summed E-state index contributed by atoms with van der Waals surface area (Å²) in [5.74, 6) is -0.579. The first-order chi connectivity index (χ1) is 9.97. The Morgan fingerprint density at radius 3 is 2.57 bits per heavy atom. The highest BCUT2D eigenvalue weighted by Crippen LogP contribution is 2.15. The number of hydrogen-bond acceptors (Lipinski definition) is 4. The third kappa shape index (κ3) is 4.34. The first-order valence-electron chi connectivity index (χ1n) is 6.75. The fourth-order valence-electron chi connectivity index (χ4n) is 1.90. The van der Waals surface area contributed by atoms with Crippen LogP contribution in [0.25, 0.3) is 0 Å². The van der Waals surface area contributed by atoms with Gasteiger partial charge in [-0.3, -0.25) is 0 Å². The number of hydrogen-bond donors (Lipinski definition) is 3. The molecule has 21 heavy (non-hydrogen) atoms. The SMILES string of the molecule is CCC(CC)(NC(=O)NCc1ccnc(OC)c1)C(=O)O. The Balaban J connectivity index is 2.62. The number of pyridine rings is 1. The van der Waals surface area contributed by atoms with Crippen molar-refractivity contribution in [3.8, 4) is 5.88 Å². The number of amides is 2. The lowest BCUT2D eigenvalue weighted by molar-refractivity contribution is -0.144. The molecular weight excluding hydrogens is 274 g/mol. The molecule has 0 aliphatic heterocycles. The summed E-state index contributed by atoms with van der Waals surface area (Å²) >= 11 is 0. The number of aliphatic carboxylic acids is 1. The maximum atomic E-state index is 11.9. The van der Waals surface area contributed by atoms with Crippen LogP contribution in [0.3, 0.4) is 0 Å². The van der Waals surface area contributed by atoms with Gasteiger partial charge in [-0.05, 0) is 24.5 Å². The molecule has 0 spiro atoms. The van der Waals surface area contributed by atoms with E-state index in [-0.39, 0.29) is 6.54 Å². The minimum absolute atomic E-state index is 0.258. The van der Waals surface area contributed by atoms with Gasteiger partial charge in [0.2, 0.25) is 5.88 Å². The summed E-state index contributed by atoms with van der Waals surface area (Å²) in [6.07, 6.45) is 2.21. The third-order valence-electron chi connectivity index (χ3n) is 3.43. The number of nitrogens with one attached hydrogen (secondary N) is 2. The van der Waals surface area contributed by atoms with E-state index in [4.69, 9.17) is 4.74 Å². The van der Waals surface area contributed by atoms with E-state index >= 15 is 0 Å². The maximum absolute atomic E-state index is 11.9. The first kappa shape index (κ1) is 16.7. The van der Waals surface area contributed by atoms with Crippen LogP contribution in [0.5, 0.6) is 5.88 Å². The normalized spacial score (nSPS) is 10.8. The fraction of sp³-hybridized carbons (Fsp3) is 0.500. The Labute approximate surface area is 123 Å². The maximum Gasteiger partial charge on any atom is 0.329 e. The highest BCUT2D eigenvalue weighted by atomic mass is 16.5. The molecule has 0 radical (unpaired) electrons. The van der Waals surface area contributed by atoms with Crippen LogP contribution < -0.4 is 15.4 Å². The summed E-state index contributed by atoms with van der Waals surface area (Å²) in [5, 5.41) is 14.4. The quantitative estimate of drug-likeness (QED) is 0.708. The van der Waals surface area contributed by atoms with Crippen LogP contribution in [0, 0.1) is 0 Å². The molecule has 0 fully saturated rings. The van der Waals surface area contributed by atoms with Crippen molar-refractivity contribution in [3.05, 3.63) is 23.9 Å². The van der Waals surface area contributed by atoms with Crippen molar-refractivity contribution < 1.29 is 19.4 Å². The van der Waals surface area contributed by atoms with Gasteiger partial charge in [-0.1, -0.05) is 13.8 Å². The summed E-state index contributed by atoms with van der Waals surface area (Å²) in [4.78, 5) is 27.2. The van der Waals surface area contributed by atoms with E-state index in [1.165, 1.54) is 7.11 Å². The van der Waals surface area contributed by atoms with Crippen molar-refractivity contribution in [2.45, 2.75) is 38.8 Å². The summed E-state index contributed by atoms with van der Waals surface area (Å²) in [6, 6.07) is 2.92. The summed E-state index contributed by atoms with van der Waals surface area (Å²) in [6.45, 7) is 3.71. The lowest BCUT2D eigenvalue weighted by Gasteiger charge is -2.28. The predicted octanol–water partition coefficient (Wildman–Crippen LogP) is 1.53. The first-order valence-corrected chi connectivity index (χ1v) is 6.75. The summed E-state index contributed by atoms with van der Waals surface area (Å²) < 4.78 is 4.99. The number of aromatic nitrogens is 1. The lowest BCUT2D eigenvalue weighted by atomic mass is 9.93. The molecule has 7 heteroatoms. The van der Waals surface area contributed by atoms with Crippen molar-refractivity contribution in [1.29, 1.82) is 0 Å².